The highest BCUT2D eigenvalue weighted by atomic mass is 32.1. The average molecular weight is 467 g/mol. The number of nitrogens with one attached hydrogen (secondary N) is 1. The number of aromatic nitrogens is 4. The number of nitrogens with zero attached hydrogens (tertiary/aromatic N) is 5. The number of pyridine rings is 1. The van der Waals surface area contributed by atoms with Crippen molar-refractivity contribution in [1.29, 1.82) is 0 Å². The Hall–Kier alpha value is -2.32. The van der Waals surface area contributed by atoms with Gasteiger partial charge in [0.15, 0.2) is 10.8 Å². The van der Waals surface area contributed by atoms with Crippen molar-refractivity contribution in [1.82, 2.24) is 24.6 Å². The maximum atomic E-state index is 13.5. The summed E-state index contributed by atoms with van der Waals surface area (Å²) in [5.74, 6) is 1.06. The fraction of sp³-hybridized carbons (Fsp3) is 0.600. The molecule has 0 radical (unpaired) electrons. The molecule has 3 aromatic rings. The molecule has 2 aliphatic rings. The number of thiazole rings is 1. The van der Waals surface area contributed by atoms with Crippen LogP contribution in [0.1, 0.15) is 86.7 Å². The van der Waals surface area contributed by atoms with E-state index in [0.717, 1.165) is 66.5 Å². The van der Waals surface area contributed by atoms with Crippen LogP contribution in [0.5, 0.6) is 0 Å². The summed E-state index contributed by atoms with van der Waals surface area (Å²) in [6.45, 7) is 13.7. The van der Waals surface area contributed by atoms with E-state index in [2.05, 4.69) is 43.3 Å². The van der Waals surface area contributed by atoms with E-state index >= 15 is 0 Å². The van der Waals surface area contributed by atoms with Gasteiger partial charge in [-0.15, -0.1) is 11.3 Å². The molecule has 7 nitrogen and oxygen atoms in total. The average Bonchev–Trinajstić information content (AvgIpc) is 3.42. The molecule has 176 valence electrons. The number of hydrogen-bond acceptors (Lipinski definition) is 6. The molecular weight excluding hydrogens is 432 g/mol. The van der Waals surface area contributed by atoms with Crippen LogP contribution in [0.4, 0.5) is 5.13 Å². The Morgan fingerprint density at radius 2 is 2.03 bits per heavy atom. The van der Waals surface area contributed by atoms with Crippen molar-refractivity contribution >= 4 is 33.4 Å². The Labute approximate surface area is 199 Å². The molecule has 1 aliphatic heterocycles. The molecule has 0 aromatic carbocycles. The van der Waals surface area contributed by atoms with Crippen LogP contribution in [0.2, 0.25) is 0 Å². The number of likely N-dealkylation sites (tertiary alicyclic amines) is 1. The molecule has 3 aromatic heterocycles. The summed E-state index contributed by atoms with van der Waals surface area (Å²) in [4.78, 5) is 25.6. The topological polar surface area (TPSA) is 75.9 Å². The van der Waals surface area contributed by atoms with Crippen molar-refractivity contribution in [3.63, 3.8) is 0 Å². The van der Waals surface area contributed by atoms with Crippen LogP contribution in [0, 0.1) is 12.8 Å². The summed E-state index contributed by atoms with van der Waals surface area (Å²) in [7, 11) is 0. The molecule has 0 spiro atoms. The Morgan fingerprint density at radius 1 is 1.24 bits per heavy atom. The predicted molar refractivity (Wildman–Crippen MR) is 133 cm³/mol. The quantitative estimate of drug-likeness (QED) is 0.551. The molecule has 1 atom stereocenters. The van der Waals surface area contributed by atoms with E-state index in [1.807, 2.05) is 17.7 Å². The van der Waals surface area contributed by atoms with E-state index in [9.17, 15) is 4.79 Å². The fourth-order valence-electron chi connectivity index (χ4n) is 4.80. The van der Waals surface area contributed by atoms with Gasteiger partial charge in [-0.05, 0) is 71.9 Å². The van der Waals surface area contributed by atoms with Crippen LogP contribution in [0.15, 0.2) is 11.4 Å². The first-order valence-electron chi connectivity index (χ1n) is 12.1. The normalized spacial score (nSPS) is 19.8. The van der Waals surface area contributed by atoms with Gasteiger partial charge in [-0.25, -0.2) is 14.6 Å². The minimum atomic E-state index is -0.217. The molecule has 2 fully saturated rings. The van der Waals surface area contributed by atoms with Gasteiger partial charge >= 0.3 is 0 Å². The minimum Gasteiger partial charge on any atom is -0.298 e. The second-order valence-electron chi connectivity index (χ2n) is 10.8. The van der Waals surface area contributed by atoms with Crippen molar-refractivity contribution < 1.29 is 4.79 Å². The van der Waals surface area contributed by atoms with Gasteiger partial charge < -0.3 is 0 Å². The first-order chi connectivity index (χ1) is 15.7. The Balaban J connectivity index is 1.42. The van der Waals surface area contributed by atoms with Crippen molar-refractivity contribution in [3.8, 4) is 0 Å². The summed E-state index contributed by atoms with van der Waals surface area (Å²) in [6.07, 6.45) is 4.82. The number of carbonyl (C=O) groups excluding carboxylic acids is 1. The Bertz CT molecular complexity index is 1190. The smallest absolute Gasteiger partial charge is 0.258 e. The fourth-order valence-corrected chi connectivity index (χ4v) is 5.50. The molecule has 1 N–H and O–H groups in total. The predicted octanol–water partition coefficient (Wildman–Crippen LogP) is 5.31. The van der Waals surface area contributed by atoms with Crippen molar-refractivity contribution in [2.45, 2.75) is 78.3 Å². The molecular formula is C25H34N6OS. The van der Waals surface area contributed by atoms with Gasteiger partial charge in [0.1, 0.15) is 0 Å². The van der Waals surface area contributed by atoms with E-state index in [4.69, 9.17) is 15.1 Å². The Kier molecular flexibility index (Phi) is 5.77. The number of piperidine rings is 1. The maximum absolute atomic E-state index is 13.5. The highest BCUT2D eigenvalue weighted by molar-refractivity contribution is 7.14. The highest BCUT2D eigenvalue weighted by Gasteiger charge is 2.30. The summed E-state index contributed by atoms with van der Waals surface area (Å²) >= 11 is 1.50. The minimum absolute atomic E-state index is 0.131. The Morgan fingerprint density at radius 3 is 2.73 bits per heavy atom. The van der Waals surface area contributed by atoms with Crippen molar-refractivity contribution in [2.24, 2.45) is 5.92 Å². The van der Waals surface area contributed by atoms with Gasteiger partial charge in [0, 0.05) is 30.1 Å². The summed E-state index contributed by atoms with van der Waals surface area (Å²) in [5.41, 5.74) is 4.09. The zero-order chi connectivity index (χ0) is 23.3. The van der Waals surface area contributed by atoms with Crippen molar-refractivity contribution in [3.05, 3.63) is 34.1 Å². The zero-order valence-corrected chi connectivity index (χ0v) is 21.1. The first kappa shape index (κ1) is 22.5. The van der Waals surface area contributed by atoms with Gasteiger partial charge in [0.25, 0.3) is 5.91 Å². The lowest BCUT2D eigenvalue weighted by Crippen LogP contribution is -2.33. The lowest BCUT2D eigenvalue weighted by atomic mass is 10.0. The van der Waals surface area contributed by atoms with Crippen LogP contribution < -0.4 is 5.32 Å². The van der Waals surface area contributed by atoms with Crippen LogP contribution in [-0.2, 0) is 12.1 Å². The molecule has 1 aliphatic carbocycles. The largest absolute Gasteiger partial charge is 0.298 e. The number of carbonyl (C=O) groups is 1. The van der Waals surface area contributed by atoms with Crippen LogP contribution in [-0.4, -0.2) is 43.6 Å². The van der Waals surface area contributed by atoms with E-state index in [0.29, 0.717) is 16.6 Å². The van der Waals surface area contributed by atoms with E-state index in [1.54, 1.807) is 0 Å². The standard InChI is InChI=1S/C25H34N6OS/c1-15-7-6-10-30(12-15)13-18-14-33-24(26-18)28-23(32)19-11-20(17-8-9-17)27-22-21(19)16(2)29-31(22)25(3,4)5/h11,14-15,17H,6-10,12-13H2,1-5H3,(H,26,28,32). The van der Waals surface area contributed by atoms with E-state index in [-0.39, 0.29) is 11.4 Å². The van der Waals surface area contributed by atoms with Crippen molar-refractivity contribution in [2.75, 3.05) is 18.4 Å². The van der Waals surface area contributed by atoms with Crippen LogP contribution in [0.3, 0.4) is 0 Å². The molecule has 4 heterocycles. The first-order valence-corrected chi connectivity index (χ1v) is 13.0. The lowest BCUT2D eigenvalue weighted by Gasteiger charge is -2.30. The second-order valence-corrected chi connectivity index (χ2v) is 11.7. The number of rotatable bonds is 5. The molecule has 0 bridgehead atoms. The summed E-state index contributed by atoms with van der Waals surface area (Å²) in [6, 6.07) is 1.97. The molecule has 1 saturated heterocycles. The summed E-state index contributed by atoms with van der Waals surface area (Å²) in [5, 5.41) is 11.4. The number of hydrogen-bond donors (Lipinski definition) is 1. The number of fused-ring (bicyclic) bond motifs is 1. The number of amides is 1. The van der Waals surface area contributed by atoms with Gasteiger partial charge in [-0.2, -0.15) is 5.10 Å². The zero-order valence-electron chi connectivity index (χ0n) is 20.3. The van der Waals surface area contributed by atoms with Gasteiger partial charge in [-0.1, -0.05) is 6.92 Å². The maximum Gasteiger partial charge on any atom is 0.258 e. The second kappa shape index (κ2) is 8.47. The van der Waals surface area contributed by atoms with E-state index < -0.39 is 0 Å². The monoisotopic (exact) mass is 466 g/mol. The van der Waals surface area contributed by atoms with Gasteiger partial charge in [0.2, 0.25) is 0 Å². The van der Waals surface area contributed by atoms with Crippen LogP contribution >= 0.6 is 11.3 Å². The SMILES string of the molecule is Cc1nn(C(C)(C)C)c2nc(C3CC3)cc(C(=O)Nc3nc(CN4CCCC(C)C4)cs3)c12. The molecule has 5 rings (SSSR count). The van der Waals surface area contributed by atoms with Gasteiger partial charge in [-0.3, -0.25) is 15.0 Å². The third kappa shape index (κ3) is 4.68. The highest BCUT2D eigenvalue weighted by Crippen LogP contribution is 2.41. The summed E-state index contributed by atoms with van der Waals surface area (Å²) < 4.78 is 1.96. The van der Waals surface area contributed by atoms with Gasteiger partial charge in [0.05, 0.1) is 27.9 Å². The third-order valence-corrected chi connectivity index (χ3v) is 7.41. The third-order valence-electron chi connectivity index (χ3n) is 6.61. The molecule has 33 heavy (non-hydrogen) atoms. The number of aryl methyl sites for hydroxylation is 1. The molecule has 1 amide bonds. The van der Waals surface area contributed by atoms with E-state index in [1.165, 1.54) is 24.2 Å². The lowest BCUT2D eigenvalue weighted by molar-refractivity contribution is 0.102. The molecule has 1 unspecified atom stereocenters. The molecule has 1 saturated carbocycles. The van der Waals surface area contributed by atoms with Crippen LogP contribution in [0.25, 0.3) is 11.0 Å². The number of anilines is 1. The molecule has 8 heteroatoms.